The molecule has 0 atom stereocenters. The smallest absolute Gasteiger partial charge is 0.165 e. The van der Waals surface area contributed by atoms with Gasteiger partial charge < -0.3 is 5.32 Å². The van der Waals surface area contributed by atoms with Crippen molar-refractivity contribution < 1.29 is 4.79 Å². The van der Waals surface area contributed by atoms with E-state index in [4.69, 9.17) is 0 Å². The van der Waals surface area contributed by atoms with Gasteiger partial charge in [0, 0.05) is 28.7 Å². The van der Waals surface area contributed by atoms with E-state index >= 15 is 0 Å². The Morgan fingerprint density at radius 3 is 3.00 bits per heavy atom. The third-order valence-corrected chi connectivity index (χ3v) is 3.43. The van der Waals surface area contributed by atoms with Crippen LogP contribution in [0.25, 0.3) is 0 Å². The number of carbonyl (C=O) groups excluding carboxylic acids is 1. The number of Topliss-reactive ketones (excluding diaryl/α,β-unsaturated/α-hetero) is 1. The number of ketones is 1. The van der Waals surface area contributed by atoms with E-state index in [1.54, 1.807) is 0 Å². The lowest BCUT2D eigenvalue weighted by Gasteiger charge is -2.10. The summed E-state index contributed by atoms with van der Waals surface area (Å²) in [6, 6.07) is 3.95. The predicted molar refractivity (Wildman–Crippen MR) is 60.9 cm³/mol. The number of halogens is 1. The van der Waals surface area contributed by atoms with Crippen LogP contribution in [0, 0.1) is 6.92 Å². The lowest BCUT2D eigenvalue weighted by Crippen LogP contribution is -2.03. The average Bonchev–Trinajstić information content (AvgIpc) is 2.35. The molecule has 0 aromatic heterocycles. The second kappa shape index (κ2) is 3.73. The number of anilines is 1. The van der Waals surface area contributed by atoms with Crippen LogP contribution in [0.15, 0.2) is 16.6 Å². The maximum Gasteiger partial charge on any atom is 0.165 e. The number of hydrogen-bond donors (Lipinski definition) is 1. The van der Waals surface area contributed by atoms with E-state index < -0.39 is 0 Å². The van der Waals surface area contributed by atoms with Crippen LogP contribution in [0.1, 0.15) is 28.8 Å². The molecule has 74 valence electrons. The van der Waals surface area contributed by atoms with Crippen LogP contribution in [0.4, 0.5) is 5.69 Å². The maximum atomic E-state index is 11.8. The van der Waals surface area contributed by atoms with Gasteiger partial charge in [-0.25, -0.2) is 0 Å². The highest BCUT2D eigenvalue weighted by Gasteiger charge is 2.18. The molecule has 0 amide bonds. The van der Waals surface area contributed by atoms with Crippen LogP contribution in [0.3, 0.4) is 0 Å². The lowest BCUT2D eigenvalue weighted by atomic mass is 10.0. The minimum atomic E-state index is 0.254. The summed E-state index contributed by atoms with van der Waals surface area (Å²) in [7, 11) is 0. The zero-order valence-electron chi connectivity index (χ0n) is 8.06. The quantitative estimate of drug-likeness (QED) is 0.770. The zero-order chi connectivity index (χ0) is 10.1. The zero-order valence-corrected chi connectivity index (χ0v) is 9.65. The predicted octanol–water partition coefficient (Wildman–Crippen LogP) is 3.15. The summed E-state index contributed by atoms with van der Waals surface area (Å²) in [4.78, 5) is 11.8. The minimum absolute atomic E-state index is 0.254. The second-order valence-corrected chi connectivity index (χ2v) is 4.40. The van der Waals surface area contributed by atoms with Crippen molar-refractivity contribution in [3.8, 4) is 0 Å². The molecular formula is C11H12BrNO. The second-order valence-electron chi connectivity index (χ2n) is 3.55. The van der Waals surface area contributed by atoms with Crippen molar-refractivity contribution >= 4 is 27.4 Å². The molecule has 1 aromatic rings. The van der Waals surface area contributed by atoms with E-state index in [1.807, 2.05) is 19.1 Å². The van der Waals surface area contributed by atoms with Gasteiger partial charge in [0.05, 0.1) is 0 Å². The van der Waals surface area contributed by atoms with Crippen molar-refractivity contribution in [2.45, 2.75) is 19.8 Å². The highest BCUT2D eigenvalue weighted by atomic mass is 79.9. The van der Waals surface area contributed by atoms with Crippen LogP contribution in [0.2, 0.25) is 0 Å². The highest BCUT2D eigenvalue weighted by molar-refractivity contribution is 9.10. The molecule has 2 rings (SSSR count). The summed E-state index contributed by atoms with van der Waals surface area (Å²) in [6.45, 7) is 2.87. The van der Waals surface area contributed by atoms with Gasteiger partial charge in [-0.15, -0.1) is 0 Å². The first-order valence-corrected chi connectivity index (χ1v) is 5.55. The first-order chi connectivity index (χ1) is 6.70. The topological polar surface area (TPSA) is 29.1 Å². The van der Waals surface area contributed by atoms with Gasteiger partial charge in [0.25, 0.3) is 0 Å². The largest absolute Gasteiger partial charge is 0.384 e. The summed E-state index contributed by atoms with van der Waals surface area (Å²) in [5, 5.41) is 3.28. The molecule has 1 aliphatic heterocycles. The molecule has 1 aliphatic rings. The molecular weight excluding hydrogens is 242 g/mol. The first kappa shape index (κ1) is 9.71. The molecule has 14 heavy (non-hydrogen) atoms. The van der Waals surface area contributed by atoms with E-state index in [1.165, 1.54) is 0 Å². The van der Waals surface area contributed by atoms with Gasteiger partial charge in [-0.05, 0) is 31.0 Å². The molecule has 0 bridgehead atoms. The molecule has 0 unspecified atom stereocenters. The van der Waals surface area contributed by atoms with Gasteiger partial charge in [0.2, 0.25) is 0 Å². The van der Waals surface area contributed by atoms with Crippen molar-refractivity contribution in [1.29, 1.82) is 0 Å². The Labute approximate surface area is 91.8 Å². The normalized spacial score (nSPS) is 15.7. The molecule has 0 saturated carbocycles. The Hall–Kier alpha value is -0.830. The molecule has 1 aromatic carbocycles. The van der Waals surface area contributed by atoms with Crippen molar-refractivity contribution in [1.82, 2.24) is 0 Å². The van der Waals surface area contributed by atoms with Gasteiger partial charge in [-0.2, -0.15) is 0 Å². The van der Waals surface area contributed by atoms with Crippen LogP contribution < -0.4 is 5.32 Å². The van der Waals surface area contributed by atoms with E-state index in [-0.39, 0.29) is 5.78 Å². The fourth-order valence-electron chi connectivity index (χ4n) is 1.79. The summed E-state index contributed by atoms with van der Waals surface area (Å²) < 4.78 is 1.01. The third-order valence-electron chi connectivity index (χ3n) is 2.57. The maximum absolute atomic E-state index is 11.8. The van der Waals surface area contributed by atoms with Crippen LogP contribution in [0.5, 0.6) is 0 Å². The summed E-state index contributed by atoms with van der Waals surface area (Å²) >= 11 is 3.45. The number of fused-ring (bicyclic) bond motifs is 1. The van der Waals surface area contributed by atoms with Crippen LogP contribution >= 0.6 is 15.9 Å². The van der Waals surface area contributed by atoms with Crippen molar-refractivity contribution in [2.24, 2.45) is 0 Å². The molecule has 1 N–H and O–H groups in total. The highest BCUT2D eigenvalue weighted by Crippen LogP contribution is 2.29. The van der Waals surface area contributed by atoms with E-state index in [0.717, 1.165) is 34.3 Å². The number of rotatable bonds is 0. The van der Waals surface area contributed by atoms with Crippen LogP contribution in [-0.2, 0) is 0 Å². The van der Waals surface area contributed by atoms with Crippen molar-refractivity contribution in [2.75, 3.05) is 11.9 Å². The van der Waals surface area contributed by atoms with Gasteiger partial charge in [0.1, 0.15) is 0 Å². The third kappa shape index (κ3) is 1.57. The molecule has 2 nitrogen and oxygen atoms in total. The summed E-state index contributed by atoms with van der Waals surface area (Å²) in [6.07, 6.45) is 1.57. The Bertz CT molecular complexity index is 387. The Balaban J connectivity index is 2.60. The molecule has 3 heteroatoms. The number of carbonyl (C=O) groups is 1. The fraction of sp³-hybridized carbons (Fsp3) is 0.364. The summed E-state index contributed by atoms with van der Waals surface area (Å²) in [5.41, 5.74) is 2.88. The fourth-order valence-corrected chi connectivity index (χ4v) is 2.12. The standard InChI is InChI=1S/C11H12BrNO/c1-7-8(12)4-5-9-11(7)10(14)3-2-6-13-9/h4-5,13H,2-3,6H2,1H3. The lowest BCUT2D eigenvalue weighted by molar-refractivity contribution is 0.0983. The Kier molecular flexibility index (Phi) is 2.59. The Morgan fingerprint density at radius 2 is 2.21 bits per heavy atom. The van der Waals surface area contributed by atoms with Crippen LogP contribution in [-0.4, -0.2) is 12.3 Å². The van der Waals surface area contributed by atoms with E-state index in [2.05, 4.69) is 21.2 Å². The number of hydrogen-bond acceptors (Lipinski definition) is 2. The minimum Gasteiger partial charge on any atom is -0.384 e. The van der Waals surface area contributed by atoms with Gasteiger partial charge in [-0.1, -0.05) is 15.9 Å². The average molecular weight is 254 g/mol. The van der Waals surface area contributed by atoms with Gasteiger partial charge in [0.15, 0.2) is 5.78 Å². The van der Waals surface area contributed by atoms with Crippen molar-refractivity contribution in [3.63, 3.8) is 0 Å². The molecule has 1 heterocycles. The Morgan fingerprint density at radius 1 is 1.43 bits per heavy atom. The van der Waals surface area contributed by atoms with E-state index in [0.29, 0.717) is 6.42 Å². The monoisotopic (exact) mass is 253 g/mol. The molecule has 0 radical (unpaired) electrons. The molecule has 0 spiro atoms. The van der Waals surface area contributed by atoms with Gasteiger partial charge >= 0.3 is 0 Å². The number of benzene rings is 1. The molecule has 0 fully saturated rings. The summed E-state index contributed by atoms with van der Waals surface area (Å²) in [5.74, 6) is 0.254. The first-order valence-electron chi connectivity index (χ1n) is 4.76. The molecule has 0 aliphatic carbocycles. The van der Waals surface area contributed by atoms with E-state index in [9.17, 15) is 4.79 Å². The van der Waals surface area contributed by atoms with Gasteiger partial charge in [-0.3, -0.25) is 4.79 Å². The number of nitrogens with one attached hydrogen (secondary N) is 1. The molecule has 0 saturated heterocycles. The van der Waals surface area contributed by atoms with Crippen molar-refractivity contribution in [3.05, 3.63) is 27.7 Å². The SMILES string of the molecule is Cc1c(Br)ccc2c1C(=O)CCCN2.